The topological polar surface area (TPSA) is 58.6 Å². The summed E-state index contributed by atoms with van der Waals surface area (Å²) < 4.78 is 73.6. The van der Waals surface area contributed by atoms with Crippen molar-refractivity contribution < 1.29 is 26.3 Å². The first-order valence-electron chi connectivity index (χ1n) is 12.4. The molecular weight excluding hydrogens is 501 g/mol. The first kappa shape index (κ1) is 25.6. The zero-order chi connectivity index (χ0) is 26.2. The fourth-order valence-electron chi connectivity index (χ4n) is 5.67. The van der Waals surface area contributed by atoms with Gasteiger partial charge < -0.3 is 4.74 Å². The minimum Gasteiger partial charge on any atom is -0.404 e. The molecule has 0 aromatic heterocycles. The molecule has 0 bridgehead atoms. The second-order valence-electron chi connectivity index (χ2n) is 9.79. The molecule has 1 unspecified atom stereocenters. The first-order valence-corrected chi connectivity index (χ1v) is 13.8. The van der Waals surface area contributed by atoms with Gasteiger partial charge in [-0.25, -0.2) is 0 Å². The van der Waals surface area contributed by atoms with Crippen LogP contribution >= 0.6 is 0 Å². The fraction of sp³-hybridized carbons (Fsp3) is 0.357. The Morgan fingerprint density at radius 2 is 1.57 bits per heavy atom. The van der Waals surface area contributed by atoms with E-state index < -0.39 is 22.3 Å². The summed E-state index contributed by atoms with van der Waals surface area (Å²) in [4.78, 5) is 0. The molecule has 0 amide bonds. The SMILES string of the molecule is Cc1ccc(NS(=O)(=O)N2CCCC(C3c4ccccc4CCc4ccccc43)C2)c(OC(F)(F)F)c1. The lowest BCUT2D eigenvalue weighted by molar-refractivity contribution is -0.274. The number of piperidine rings is 1. The number of hydrogen-bond donors (Lipinski definition) is 1. The second-order valence-corrected chi connectivity index (χ2v) is 11.5. The van der Waals surface area contributed by atoms with Gasteiger partial charge in [0, 0.05) is 19.0 Å². The van der Waals surface area contributed by atoms with Crippen molar-refractivity contribution in [2.45, 2.75) is 44.9 Å². The Hall–Kier alpha value is -3.04. The summed E-state index contributed by atoms with van der Waals surface area (Å²) >= 11 is 0. The number of fused-ring (bicyclic) bond motifs is 2. The average Bonchev–Trinajstić information content (AvgIpc) is 3.02. The number of aryl methyl sites for hydroxylation is 3. The summed E-state index contributed by atoms with van der Waals surface area (Å²) in [5, 5.41) is 0. The summed E-state index contributed by atoms with van der Waals surface area (Å²) in [5.41, 5.74) is 5.28. The van der Waals surface area contributed by atoms with Crippen molar-refractivity contribution in [1.82, 2.24) is 4.31 Å². The highest BCUT2D eigenvalue weighted by molar-refractivity contribution is 7.90. The van der Waals surface area contributed by atoms with E-state index in [9.17, 15) is 21.6 Å². The van der Waals surface area contributed by atoms with Gasteiger partial charge in [0.1, 0.15) is 0 Å². The van der Waals surface area contributed by atoms with E-state index in [0.717, 1.165) is 19.3 Å². The Kier molecular flexibility index (Phi) is 6.93. The average molecular weight is 531 g/mol. The van der Waals surface area contributed by atoms with Gasteiger partial charge in [-0.3, -0.25) is 4.72 Å². The number of hydrogen-bond acceptors (Lipinski definition) is 3. The van der Waals surface area contributed by atoms with Gasteiger partial charge in [0.25, 0.3) is 0 Å². The third-order valence-corrected chi connectivity index (χ3v) is 8.77. The third-order valence-electron chi connectivity index (χ3n) is 7.28. The number of anilines is 1. The van der Waals surface area contributed by atoms with Gasteiger partial charge in [-0.15, -0.1) is 13.2 Å². The van der Waals surface area contributed by atoms with Gasteiger partial charge >= 0.3 is 16.6 Å². The summed E-state index contributed by atoms with van der Waals surface area (Å²) in [6, 6.07) is 20.7. The molecule has 37 heavy (non-hydrogen) atoms. The zero-order valence-electron chi connectivity index (χ0n) is 20.5. The number of ether oxygens (including phenoxy) is 1. The summed E-state index contributed by atoms with van der Waals surface area (Å²) in [5.74, 6) is -0.512. The van der Waals surface area contributed by atoms with Crippen LogP contribution < -0.4 is 9.46 Å². The van der Waals surface area contributed by atoms with Gasteiger partial charge in [-0.2, -0.15) is 12.7 Å². The molecule has 1 aliphatic carbocycles. The van der Waals surface area contributed by atoms with Gasteiger partial charge in [-0.05, 0) is 78.5 Å². The quantitative estimate of drug-likeness (QED) is 0.428. The molecule has 9 heteroatoms. The molecule has 1 fully saturated rings. The van der Waals surface area contributed by atoms with Crippen LogP contribution in [-0.4, -0.2) is 32.2 Å². The molecule has 1 saturated heterocycles. The van der Waals surface area contributed by atoms with Crippen LogP contribution in [0.25, 0.3) is 0 Å². The van der Waals surface area contributed by atoms with Crippen molar-refractivity contribution in [3.05, 3.63) is 94.5 Å². The highest BCUT2D eigenvalue weighted by atomic mass is 32.2. The van der Waals surface area contributed by atoms with Crippen LogP contribution in [0.5, 0.6) is 5.75 Å². The lowest BCUT2D eigenvalue weighted by Gasteiger charge is -2.37. The molecule has 0 radical (unpaired) electrons. The van der Waals surface area contributed by atoms with E-state index in [0.29, 0.717) is 18.5 Å². The van der Waals surface area contributed by atoms with Crippen LogP contribution in [-0.2, 0) is 23.1 Å². The highest BCUT2D eigenvalue weighted by Crippen LogP contribution is 2.43. The van der Waals surface area contributed by atoms with E-state index in [2.05, 4.69) is 33.7 Å². The van der Waals surface area contributed by atoms with Crippen molar-refractivity contribution in [1.29, 1.82) is 0 Å². The number of nitrogens with one attached hydrogen (secondary N) is 1. The van der Waals surface area contributed by atoms with E-state index in [4.69, 9.17) is 0 Å². The number of benzene rings is 3. The number of rotatable bonds is 5. The molecule has 5 rings (SSSR count). The Morgan fingerprint density at radius 3 is 2.19 bits per heavy atom. The lowest BCUT2D eigenvalue weighted by Crippen LogP contribution is -2.44. The van der Waals surface area contributed by atoms with Crippen molar-refractivity contribution in [2.24, 2.45) is 5.92 Å². The fourth-order valence-corrected chi connectivity index (χ4v) is 7.00. The predicted molar refractivity (Wildman–Crippen MR) is 137 cm³/mol. The van der Waals surface area contributed by atoms with Crippen LogP contribution in [0.15, 0.2) is 66.7 Å². The van der Waals surface area contributed by atoms with Gasteiger partial charge in [0.15, 0.2) is 5.75 Å². The van der Waals surface area contributed by atoms with Crippen LogP contribution in [0.4, 0.5) is 18.9 Å². The predicted octanol–water partition coefficient (Wildman–Crippen LogP) is 6.19. The summed E-state index contributed by atoms with van der Waals surface area (Å²) in [6.07, 6.45) is -1.58. The molecule has 1 atom stereocenters. The van der Waals surface area contributed by atoms with Gasteiger partial charge in [0.2, 0.25) is 0 Å². The molecule has 2 aliphatic rings. The number of halogens is 3. The van der Waals surface area contributed by atoms with Crippen LogP contribution in [0.3, 0.4) is 0 Å². The molecule has 196 valence electrons. The van der Waals surface area contributed by atoms with Crippen molar-refractivity contribution >= 4 is 15.9 Å². The van der Waals surface area contributed by atoms with E-state index >= 15 is 0 Å². The van der Waals surface area contributed by atoms with Crippen LogP contribution in [0.2, 0.25) is 0 Å². The highest BCUT2D eigenvalue weighted by Gasteiger charge is 2.37. The van der Waals surface area contributed by atoms with Gasteiger partial charge in [0.05, 0.1) is 5.69 Å². The molecule has 1 N–H and O–H groups in total. The minimum absolute atomic E-state index is 0.0228. The molecule has 0 spiro atoms. The normalized spacial score (nSPS) is 19.0. The lowest BCUT2D eigenvalue weighted by atomic mass is 9.76. The Bertz CT molecular complexity index is 1340. The monoisotopic (exact) mass is 530 g/mol. The van der Waals surface area contributed by atoms with E-state index in [1.807, 2.05) is 24.3 Å². The standard InChI is InChI=1S/C28H29F3N2O3S/c1-19-12-15-25(26(17-19)36-28(29,30)31)32-37(34,35)33-16-6-9-22(18-33)27-23-10-4-2-7-20(23)13-14-21-8-3-5-11-24(21)27/h2-5,7-8,10-12,15,17,22,27,32H,6,9,13-14,16,18H2,1H3. The van der Waals surface area contributed by atoms with Crippen molar-refractivity contribution in [2.75, 3.05) is 17.8 Å². The Balaban J connectivity index is 1.44. The number of nitrogens with zero attached hydrogens (tertiary/aromatic N) is 1. The Labute approximate surface area is 215 Å². The smallest absolute Gasteiger partial charge is 0.404 e. The maximum atomic E-state index is 13.4. The Morgan fingerprint density at radius 1 is 0.946 bits per heavy atom. The number of alkyl halides is 3. The third kappa shape index (κ3) is 5.62. The van der Waals surface area contributed by atoms with Crippen LogP contribution in [0, 0.1) is 12.8 Å². The zero-order valence-corrected chi connectivity index (χ0v) is 21.3. The molecule has 3 aromatic carbocycles. The van der Waals surface area contributed by atoms with Crippen molar-refractivity contribution in [3.8, 4) is 5.75 Å². The van der Waals surface area contributed by atoms with E-state index in [-0.39, 0.29) is 24.1 Å². The van der Waals surface area contributed by atoms with E-state index in [1.54, 1.807) is 13.0 Å². The molecule has 0 saturated carbocycles. The summed E-state index contributed by atoms with van der Waals surface area (Å²) in [6.45, 7) is 2.17. The molecule has 1 heterocycles. The molecular formula is C28H29F3N2O3S. The summed E-state index contributed by atoms with van der Waals surface area (Å²) in [7, 11) is -4.13. The van der Waals surface area contributed by atoms with Crippen molar-refractivity contribution in [3.63, 3.8) is 0 Å². The maximum absolute atomic E-state index is 13.4. The molecule has 3 aromatic rings. The van der Waals surface area contributed by atoms with Gasteiger partial charge in [-0.1, -0.05) is 54.6 Å². The second kappa shape index (κ2) is 10.0. The molecule has 1 aliphatic heterocycles. The molecule has 5 nitrogen and oxygen atoms in total. The first-order chi connectivity index (χ1) is 17.6. The van der Waals surface area contributed by atoms with Crippen LogP contribution in [0.1, 0.15) is 46.6 Å². The van der Waals surface area contributed by atoms with E-state index in [1.165, 1.54) is 38.7 Å². The maximum Gasteiger partial charge on any atom is 0.573 e. The largest absolute Gasteiger partial charge is 0.573 e. The minimum atomic E-state index is -4.94.